The molecule has 0 aliphatic carbocycles. The minimum Gasteiger partial charge on any atom is -0.0985 e. The van der Waals surface area contributed by atoms with Gasteiger partial charge in [-0.15, -0.1) is 0 Å². The topological polar surface area (TPSA) is 0 Å². The molecule has 0 radical (unpaired) electrons. The van der Waals surface area contributed by atoms with Crippen LogP contribution in [0, 0.1) is 11.8 Å². The van der Waals surface area contributed by atoms with Gasteiger partial charge in [0.05, 0.1) is 0 Å². The summed E-state index contributed by atoms with van der Waals surface area (Å²) in [5.41, 5.74) is 0. The van der Waals surface area contributed by atoms with Crippen molar-refractivity contribution >= 4 is 0 Å². The van der Waals surface area contributed by atoms with Crippen molar-refractivity contribution < 1.29 is 0 Å². The number of rotatable bonds is 2. The van der Waals surface area contributed by atoms with Crippen molar-refractivity contribution in [2.75, 3.05) is 0 Å². The zero-order valence-corrected chi connectivity index (χ0v) is 6.72. The highest BCUT2D eigenvalue weighted by Crippen LogP contribution is 1.81. The largest absolute Gasteiger partial charge is 0.0985 e. The van der Waals surface area contributed by atoms with Gasteiger partial charge >= 0.3 is 0 Å². The lowest BCUT2D eigenvalue weighted by atomic mass is 10.3. The summed E-state index contributed by atoms with van der Waals surface area (Å²) in [6.07, 6.45) is 9.92. The normalized spacial score (nSPS) is 10.2. The van der Waals surface area contributed by atoms with Crippen molar-refractivity contribution in [1.29, 1.82) is 0 Å². The van der Waals surface area contributed by atoms with Gasteiger partial charge < -0.3 is 0 Å². The zero-order chi connectivity index (χ0) is 7.66. The molecule has 0 spiro atoms. The molecule has 0 nitrogen and oxygen atoms in total. The molecule has 10 heavy (non-hydrogen) atoms. The molecule has 0 aliphatic heterocycles. The van der Waals surface area contributed by atoms with E-state index in [9.17, 15) is 0 Å². The second kappa shape index (κ2) is 8.04. The van der Waals surface area contributed by atoms with Gasteiger partial charge in [0.2, 0.25) is 0 Å². The van der Waals surface area contributed by atoms with Crippen LogP contribution in [0.2, 0.25) is 0 Å². The van der Waals surface area contributed by atoms with Gasteiger partial charge in [-0.25, -0.2) is 0 Å². The molecule has 0 aromatic heterocycles. The first kappa shape index (κ1) is 9.04. The van der Waals surface area contributed by atoms with E-state index in [0.717, 1.165) is 12.8 Å². The molecule has 0 aliphatic rings. The smallest absolute Gasteiger partial charge is 0.00896 e. The van der Waals surface area contributed by atoms with Crippen molar-refractivity contribution in [1.82, 2.24) is 0 Å². The molecule has 0 atom stereocenters. The van der Waals surface area contributed by atoms with E-state index in [0.29, 0.717) is 0 Å². The van der Waals surface area contributed by atoms with Crippen LogP contribution in [0.3, 0.4) is 0 Å². The maximum Gasteiger partial charge on any atom is 0.00896 e. The van der Waals surface area contributed by atoms with Crippen molar-refractivity contribution in [3.05, 3.63) is 24.3 Å². The molecule has 0 saturated heterocycles. The van der Waals surface area contributed by atoms with E-state index in [-0.39, 0.29) is 0 Å². The minimum atomic E-state index is 1.00. The fourth-order valence-corrected chi connectivity index (χ4v) is 0.471. The van der Waals surface area contributed by atoms with E-state index in [1.807, 2.05) is 31.2 Å². The third-order valence-electron chi connectivity index (χ3n) is 0.960. The van der Waals surface area contributed by atoms with Gasteiger partial charge in [0.1, 0.15) is 0 Å². The first-order chi connectivity index (χ1) is 4.91. The highest BCUT2D eigenvalue weighted by molar-refractivity contribution is 5.19. The zero-order valence-electron chi connectivity index (χ0n) is 6.72. The van der Waals surface area contributed by atoms with Crippen LogP contribution in [-0.4, -0.2) is 0 Å². The standard InChI is InChI=1S/C10H14/c1-3-5-7-9-10-8-6-4-2/h3,5,7,9H,4,6H2,1-2H3/b5-3-,9-7+. The van der Waals surface area contributed by atoms with Crippen molar-refractivity contribution in [2.24, 2.45) is 0 Å². The molecular formula is C10H14. The number of hydrogen-bond donors (Lipinski definition) is 0. The van der Waals surface area contributed by atoms with Crippen LogP contribution >= 0.6 is 0 Å². The van der Waals surface area contributed by atoms with Crippen LogP contribution in [-0.2, 0) is 0 Å². The Morgan fingerprint density at radius 2 is 2.10 bits per heavy atom. The molecule has 0 heteroatoms. The fraction of sp³-hybridized carbons (Fsp3) is 0.400. The number of unbranched alkanes of at least 4 members (excludes halogenated alkanes) is 1. The number of hydrogen-bond acceptors (Lipinski definition) is 0. The number of allylic oxidation sites excluding steroid dienone is 4. The maximum absolute atomic E-state index is 3.02. The Labute approximate surface area is 63.6 Å². The fourth-order valence-electron chi connectivity index (χ4n) is 0.471. The Morgan fingerprint density at radius 3 is 2.70 bits per heavy atom. The van der Waals surface area contributed by atoms with Crippen LogP contribution in [0.1, 0.15) is 26.7 Å². The lowest BCUT2D eigenvalue weighted by molar-refractivity contribution is 0.983. The third kappa shape index (κ3) is 7.04. The van der Waals surface area contributed by atoms with E-state index in [1.165, 1.54) is 0 Å². The Morgan fingerprint density at radius 1 is 1.30 bits per heavy atom. The van der Waals surface area contributed by atoms with Crippen LogP contribution in [0.15, 0.2) is 24.3 Å². The lowest BCUT2D eigenvalue weighted by Crippen LogP contribution is -1.59. The Balaban J connectivity index is 3.43. The second-order valence-electron chi connectivity index (χ2n) is 1.96. The van der Waals surface area contributed by atoms with Gasteiger partial charge in [-0.2, -0.15) is 0 Å². The van der Waals surface area contributed by atoms with E-state index >= 15 is 0 Å². The first-order valence-corrected chi connectivity index (χ1v) is 3.68. The van der Waals surface area contributed by atoms with Gasteiger partial charge in [-0.05, 0) is 19.4 Å². The average Bonchev–Trinajstić information content (AvgIpc) is 1.97. The molecule has 0 saturated carbocycles. The molecule has 0 aromatic rings. The van der Waals surface area contributed by atoms with Crippen LogP contribution in [0.4, 0.5) is 0 Å². The lowest BCUT2D eigenvalue weighted by Gasteiger charge is -1.73. The predicted octanol–water partition coefficient (Wildman–Crippen LogP) is 2.92. The molecule has 54 valence electrons. The SMILES string of the molecule is C/C=C\C=C\C#CCCC. The summed E-state index contributed by atoms with van der Waals surface area (Å²) in [6, 6.07) is 0. The molecule has 0 heterocycles. The van der Waals surface area contributed by atoms with Gasteiger partial charge in [0, 0.05) is 6.42 Å². The molecule has 0 amide bonds. The monoisotopic (exact) mass is 134 g/mol. The molecular weight excluding hydrogens is 120 g/mol. The van der Waals surface area contributed by atoms with Gasteiger partial charge in [0.25, 0.3) is 0 Å². The van der Waals surface area contributed by atoms with E-state index in [2.05, 4.69) is 18.8 Å². The van der Waals surface area contributed by atoms with E-state index in [1.54, 1.807) is 0 Å². The summed E-state index contributed by atoms with van der Waals surface area (Å²) in [7, 11) is 0. The third-order valence-corrected chi connectivity index (χ3v) is 0.960. The molecule has 0 N–H and O–H groups in total. The average molecular weight is 134 g/mol. The van der Waals surface area contributed by atoms with Gasteiger partial charge in [0.15, 0.2) is 0 Å². The summed E-state index contributed by atoms with van der Waals surface area (Å²) in [5.74, 6) is 5.96. The maximum atomic E-state index is 3.02. The summed E-state index contributed by atoms with van der Waals surface area (Å²) < 4.78 is 0. The Kier molecular flexibility index (Phi) is 7.27. The molecule has 0 unspecified atom stereocenters. The van der Waals surface area contributed by atoms with Crippen molar-refractivity contribution in [2.45, 2.75) is 26.7 Å². The molecule has 0 fully saturated rings. The highest BCUT2D eigenvalue weighted by Gasteiger charge is 1.65. The summed E-state index contributed by atoms with van der Waals surface area (Å²) in [5, 5.41) is 0. The molecule has 0 bridgehead atoms. The summed E-state index contributed by atoms with van der Waals surface area (Å²) in [4.78, 5) is 0. The predicted molar refractivity (Wildman–Crippen MR) is 46.6 cm³/mol. The first-order valence-electron chi connectivity index (χ1n) is 3.68. The quantitative estimate of drug-likeness (QED) is 0.402. The van der Waals surface area contributed by atoms with Gasteiger partial charge in [-0.1, -0.05) is 37.0 Å². The summed E-state index contributed by atoms with van der Waals surface area (Å²) >= 11 is 0. The second-order valence-corrected chi connectivity index (χ2v) is 1.96. The van der Waals surface area contributed by atoms with Crippen LogP contribution < -0.4 is 0 Å². The Hall–Kier alpha value is -0.960. The highest BCUT2D eigenvalue weighted by atomic mass is 13.7. The van der Waals surface area contributed by atoms with Gasteiger partial charge in [-0.3, -0.25) is 0 Å². The molecule has 0 aromatic carbocycles. The minimum absolute atomic E-state index is 1.00. The van der Waals surface area contributed by atoms with E-state index in [4.69, 9.17) is 0 Å². The van der Waals surface area contributed by atoms with Crippen molar-refractivity contribution in [3.63, 3.8) is 0 Å². The van der Waals surface area contributed by atoms with Crippen LogP contribution in [0.25, 0.3) is 0 Å². The van der Waals surface area contributed by atoms with E-state index < -0.39 is 0 Å². The summed E-state index contributed by atoms with van der Waals surface area (Å²) in [6.45, 7) is 4.12. The molecule has 0 rings (SSSR count). The van der Waals surface area contributed by atoms with Crippen LogP contribution in [0.5, 0.6) is 0 Å². The van der Waals surface area contributed by atoms with Crippen molar-refractivity contribution in [3.8, 4) is 11.8 Å². The Bertz CT molecular complexity index is 162.